The zero-order valence-electron chi connectivity index (χ0n) is 15.8. The maximum absolute atomic E-state index is 12.8. The van der Waals surface area contributed by atoms with Crippen molar-refractivity contribution >= 4 is 23.7 Å². The van der Waals surface area contributed by atoms with Crippen molar-refractivity contribution in [1.82, 2.24) is 15.0 Å². The summed E-state index contributed by atoms with van der Waals surface area (Å²) in [6.45, 7) is 6.70. The van der Waals surface area contributed by atoms with Crippen LogP contribution in [0.15, 0.2) is 24.3 Å². The molecule has 0 aliphatic rings. The Bertz CT molecular complexity index is 824. The average Bonchev–Trinajstić information content (AvgIpc) is 2.60. The normalized spacial score (nSPS) is 11.6. The van der Waals surface area contributed by atoms with Crippen LogP contribution in [-0.4, -0.2) is 26.8 Å². The molecule has 1 aromatic heterocycles. The van der Waals surface area contributed by atoms with Gasteiger partial charge in [-0.05, 0) is 12.1 Å². The molecule has 2 rings (SSSR count). The average molecular weight is 395 g/mol. The number of alkyl halides is 3. The third-order valence-electron chi connectivity index (χ3n) is 3.62. The molecule has 0 saturated carbocycles. The molecule has 0 atom stereocenters. The summed E-state index contributed by atoms with van der Waals surface area (Å²) in [5.41, 5.74) is -0.539. The molecule has 0 fully saturated rings. The summed E-state index contributed by atoms with van der Waals surface area (Å²) >= 11 is 0. The van der Waals surface area contributed by atoms with E-state index in [1.165, 1.54) is 12.1 Å². The minimum Gasteiger partial charge on any atom is -0.294 e. The van der Waals surface area contributed by atoms with E-state index in [-0.39, 0.29) is 46.9 Å². The van der Waals surface area contributed by atoms with Crippen LogP contribution in [0.3, 0.4) is 0 Å². The second-order valence-electron chi connectivity index (χ2n) is 6.67. The Balaban J connectivity index is 2.43. The number of benzene rings is 1. The van der Waals surface area contributed by atoms with Gasteiger partial charge in [0.25, 0.3) is 0 Å². The van der Waals surface area contributed by atoms with Crippen LogP contribution in [0.2, 0.25) is 0 Å². The molecule has 2 N–H and O–H groups in total. The molecule has 0 spiro atoms. The fourth-order valence-electron chi connectivity index (χ4n) is 1.93. The predicted molar refractivity (Wildman–Crippen MR) is 97.2 cm³/mol. The molecular formula is C18H20F3N5O2. The molecule has 2 aromatic rings. The first kappa shape index (κ1) is 21.3. The van der Waals surface area contributed by atoms with E-state index in [9.17, 15) is 22.8 Å². The number of hydrogen-bond acceptors (Lipinski definition) is 5. The number of carbonyl (C=O) groups is 2. The van der Waals surface area contributed by atoms with E-state index in [1.54, 1.807) is 27.7 Å². The third kappa shape index (κ3) is 5.48. The van der Waals surface area contributed by atoms with Crippen molar-refractivity contribution in [2.45, 2.75) is 33.9 Å². The molecule has 0 saturated heterocycles. The highest BCUT2D eigenvalue weighted by Gasteiger charge is 2.30. The maximum Gasteiger partial charge on any atom is 0.416 e. The first-order chi connectivity index (χ1) is 13.0. The lowest BCUT2D eigenvalue weighted by atomic mass is 10.1. The molecule has 0 aliphatic heterocycles. The van der Waals surface area contributed by atoms with Gasteiger partial charge in [0, 0.05) is 17.4 Å². The van der Waals surface area contributed by atoms with Crippen LogP contribution in [0.5, 0.6) is 0 Å². The summed E-state index contributed by atoms with van der Waals surface area (Å²) in [6, 6.07) is 4.22. The third-order valence-corrected chi connectivity index (χ3v) is 3.62. The van der Waals surface area contributed by atoms with Gasteiger partial charge in [-0.15, -0.1) is 0 Å². The number of anilines is 2. The van der Waals surface area contributed by atoms with Crippen LogP contribution in [0.4, 0.5) is 25.1 Å². The molecule has 28 heavy (non-hydrogen) atoms. The predicted octanol–water partition coefficient (Wildman–Crippen LogP) is 3.75. The van der Waals surface area contributed by atoms with Crippen LogP contribution in [0.25, 0.3) is 11.4 Å². The van der Waals surface area contributed by atoms with Gasteiger partial charge < -0.3 is 0 Å². The van der Waals surface area contributed by atoms with Gasteiger partial charge in [-0.2, -0.15) is 28.1 Å². The molecule has 150 valence electrons. The maximum atomic E-state index is 12.8. The van der Waals surface area contributed by atoms with Crippen molar-refractivity contribution < 1.29 is 22.8 Å². The summed E-state index contributed by atoms with van der Waals surface area (Å²) < 4.78 is 38.3. The Morgan fingerprint density at radius 3 is 1.61 bits per heavy atom. The molecule has 0 unspecified atom stereocenters. The van der Waals surface area contributed by atoms with Crippen molar-refractivity contribution in [3.8, 4) is 11.4 Å². The fourth-order valence-corrected chi connectivity index (χ4v) is 1.93. The molecule has 0 bridgehead atoms. The highest BCUT2D eigenvalue weighted by Crippen LogP contribution is 2.30. The zero-order valence-corrected chi connectivity index (χ0v) is 15.8. The number of nitrogens with one attached hydrogen (secondary N) is 2. The SMILES string of the molecule is CC(C)C(=O)Nc1nc(NC(=O)C(C)C)nc(-c2ccc(C(F)(F)F)cc2)n1. The van der Waals surface area contributed by atoms with Gasteiger partial charge in [0.05, 0.1) is 5.56 Å². The molecule has 1 heterocycles. The Hall–Kier alpha value is -3.04. The van der Waals surface area contributed by atoms with Gasteiger partial charge in [-0.1, -0.05) is 39.8 Å². The lowest BCUT2D eigenvalue weighted by molar-refractivity contribution is -0.137. The molecule has 10 heteroatoms. The van der Waals surface area contributed by atoms with Crippen molar-refractivity contribution in [1.29, 1.82) is 0 Å². The summed E-state index contributed by atoms with van der Waals surface area (Å²) in [7, 11) is 0. The summed E-state index contributed by atoms with van der Waals surface area (Å²) in [6.07, 6.45) is -4.47. The summed E-state index contributed by atoms with van der Waals surface area (Å²) in [5.74, 6) is -1.61. The minimum absolute atomic E-state index is 0.0156. The number of nitrogens with zero attached hydrogens (tertiary/aromatic N) is 3. The summed E-state index contributed by atoms with van der Waals surface area (Å²) in [4.78, 5) is 36.0. The first-order valence-electron chi connectivity index (χ1n) is 8.52. The van der Waals surface area contributed by atoms with E-state index in [4.69, 9.17) is 0 Å². The van der Waals surface area contributed by atoms with E-state index in [0.717, 1.165) is 12.1 Å². The molecule has 2 amide bonds. The van der Waals surface area contributed by atoms with Gasteiger partial charge in [-0.3, -0.25) is 20.2 Å². The van der Waals surface area contributed by atoms with Gasteiger partial charge in [0.15, 0.2) is 5.82 Å². The molecule has 7 nitrogen and oxygen atoms in total. The van der Waals surface area contributed by atoms with Crippen LogP contribution in [0, 0.1) is 11.8 Å². The van der Waals surface area contributed by atoms with E-state index in [1.807, 2.05) is 0 Å². The van der Waals surface area contributed by atoms with Crippen molar-refractivity contribution in [2.24, 2.45) is 11.8 Å². The van der Waals surface area contributed by atoms with E-state index < -0.39 is 11.7 Å². The van der Waals surface area contributed by atoms with Crippen LogP contribution in [0.1, 0.15) is 33.3 Å². The van der Waals surface area contributed by atoms with E-state index in [0.29, 0.717) is 0 Å². The largest absolute Gasteiger partial charge is 0.416 e. The van der Waals surface area contributed by atoms with E-state index >= 15 is 0 Å². The number of aromatic nitrogens is 3. The quantitative estimate of drug-likeness (QED) is 0.804. The van der Waals surface area contributed by atoms with Crippen LogP contribution >= 0.6 is 0 Å². The molecular weight excluding hydrogens is 375 g/mol. The van der Waals surface area contributed by atoms with Crippen LogP contribution in [-0.2, 0) is 15.8 Å². The number of rotatable bonds is 5. The fraction of sp³-hybridized carbons (Fsp3) is 0.389. The molecule has 1 aromatic carbocycles. The monoisotopic (exact) mass is 395 g/mol. The van der Waals surface area contributed by atoms with Crippen molar-refractivity contribution in [2.75, 3.05) is 10.6 Å². The lowest BCUT2D eigenvalue weighted by Crippen LogP contribution is -2.23. The van der Waals surface area contributed by atoms with Crippen molar-refractivity contribution in [3.63, 3.8) is 0 Å². The van der Waals surface area contributed by atoms with Gasteiger partial charge in [0.2, 0.25) is 23.7 Å². The Morgan fingerprint density at radius 2 is 1.25 bits per heavy atom. The van der Waals surface area contributed by atoms with Gasteiger partial charge >= 0.3 is 6.18 Å². The zero-order chi connectivity index (χ0) is 21.1. The summed E-state index contributed by atoms with van der Waals surface area (Å²) in [5, 5.41) is 5.00. The molecule has 0 radical (unpaired) electrons. The molecule has 0 aliphatic carbocycles. The minimum atomic E-state index is -4.47. The number of hydrogen-bond donors (Lipinski definition) is 2. The standard InChI is InChI=1S/C18H20F3N5O2/c1-9(2)14(27)24-16-22-13(23-17(26-16)25-15(28)10(3)4)11-5-7-12(8-6-11)18(19,20)21/h5-10H,1-4H3,(H2,22,23,24,25,26,27,28). The Labute approximate surface area is 159 Å². The number of carbonyl (C=O) groups excluding carboxylic acids is 2. The van der Waals surface area contributed by atoms with Gasteiger partial charge in [0.1, 0.15) is 0 Å². The topological polar surface area (TPSA) is 96.9 Å². The van der Waals surface area contributed by atoms with E-state index in [2.05, 4.69) is 25.6 Å². The number of halogens is 3. The van der Waals surface area contributed by atoms with Gasteiger partial charge in [-0.25, -0.2) is 0 Å². The second-order valence-corrected chi connectivity index (χ2v) is 6.67. The second kappa shape index (κ2) is 8.32. The van der Waals surface area contributed by atoms with Crippen LogP contribution < -0.4 is 10.6 Å². The number of amides is 2. The van der Waals surface area contributed by atoms with Crippen molar-refractivity contribution in [3.05, 3.63) is 29.8 Å². The first-order valence-corrected chi connectivity index (χ1v) is 8.52. The Morgan fingerprint density at radius 1 is 0.821 bits per heavy atom. The highest BCUT2D eigenvalue weighted by atomic mass is 19.4. The highest BCUT2D eigenvalue weighted by molar-refractivity contribution is 5.92. The smallest absolute Gasteiger partial charge is 0.294 e. The Kier molecular flexibility index (Phi) is 6.32. The lowest BCUT2D eigenvalue weighted by Gasteiger charge is -2.12.